The van der Waals surface area contributed by atoms with Crippen LogP contribution in [0.5, 0.6) is 17.4 Å². The summed E-state index contributed by atoms with van der Waals surface area (Å²) in [5, 5.41) is 13.0. The monoisotopic (exact) mass is 500 g/mol. The van der Waals surface area contributed by atoms with Crippen LogP contribution in [0.2, 0.25) is 15.1 Å². The topological polar surface area (TPSA) is 73.0 Å². The fourth-order valence-electron chi connectivity index (χ4n) is 3.65. The molecule has 9 heteroatoms. The Morgan fingerprint density at radius 2 is 1.67 bits per heavy atom. The Labute approximate surface area is 203 Å². The molecule has 0 fully saturated rings. The molecule has 1 N–H and O–H groups in total. The number of fused-ring (bicyclic) bond motifs is 2. The number of rotatable bonds is 4. The smallest absolute Gasteiger partial charge is 0.261 e. The highest BCUT2D eigenvalue weighted by Gasteiger charge is 2.18. The molecule has 1 aromatic heterocycles. The highest BCUT2D eigenvalue weighted by molar-refractivity contribution is 6.44. The minimum Gasteiger partial charge on any atom is -0.494 e. The van der Waals surface area contributed by atoms with Gasteiger partial charge in [-0.3, -0.25) is 14.4 Å². The molecule has 0 saturated heterocycles. The van der Waals surface area contributed by atoms with Gasteiger partial charge >= 0.3 is 0 Å². The van der Waals surface area contributed by atoms with Crippen molar-refractivity contribution in [2.45, 2.75) is 6.54 Å². The first-order chi connectivity index (χ1) is 15.9. The van der Waals surface area contributed by atoms with Gasteiger partial charge in [0, 0.05) is 17.0 Å². The molecule has 1 aliphatic rings. The van der Waals surface area contributed by atoms with Gasteiger partial charge in [0.2, 0.25) is 12.7 Å². The van der Waals surface area contributed by atoms with E-state index in [0.717, 1.165) is 5.56 Å². The Kier molecular flexibility index (Phi) is 5.66. The van der Waals surface area contributed by atoms with Crippen LogP contribution < -0.4 is 15.0 Å². The SMILES string of the molecule is O=c1c2ccccc2c(C=Nc2cc(Cl)c(Cl)cc2Cl)c(O)n1Cc1ccc2c(c1)OCO2. The van der Waals surface area contributed by atoms with Crippen molar-refractivity contribution in [3.63, 3.8) is 0 Å². The first-order valence-corrected chi connectivity index (χ1v) is 11.0. The molecule has 0 aliphatic carbocycles. The number of pyridine rings is 1. The van der Waals surface area contributed by atoms with Crippen LogP contribution in [0.1, 0.15) is 11.1 Å². The van der Waals surface area contributed by atoms with Crippen LogP contribution in [0, 0.1) is 0 Å². The minimum absolute atomic E-state index is 0.126. The number of aromatic nitrogens is 1. The summed E-state index contributed by atoms with van der Waals surface area (Å²) in [5.74, 6) is 1.01. The van der Waals surface area contributed by atoms with E-state index in [1.54, 1.807) is 36.4 Å². The van der Waals surface area contributed by atoms with E-state index in [9.17, 15) is 9.90 Å². The average molecular weight is 502 g/mol. The van der Waals surface area contributed by atoms with Gasteiger partial charge in [-0.05, 0) is 35.9 Å². The first-order valence-electron chi connectivity index (χ1n) is 9.84. The molecule has 0 unspecified atom stereocenters. The van der Waals surface area contributed by atoms with E-state index in [-0.39, 0.29) is 24.8 Å². The lowest BCUT2D eigenvalue weighted by Crippen LogP contribution is -2.22. The number of hydrogen-bond donors (Lipinski definition) is 1. The molecule has 3 aromatic carbocycles. The number of ether oxygens (including phenoxy) is 2. The second kappa shape index (κ2) is 8.63. The summed E-state index contributed by atoms with van der Waals surface area (Å²) >= 11 is 18.3. The van der Waals surface area contributed by atoms with Crippen molar-refractivity contribution < 1.29 is 14.6 Å². The summed E-state index contributed by atoms with van der Waals surface area (Å²) in [6, 6.07) is 15.4. The maximum Gasteiger partial charge on any atom is 0.261 e. The molecule has 5 rings (SSSR count). The summed E-state index contributed by atoms with van der Waals surface area (Å²) in [7, 11) is 0. The number of nitrogens with zero attached hydrogens (tertiary/aromatic N) is 2. The minimum atomic E-state index is -0.328. The zero-order valence-electron chi connectivity index (χ0n) is 16.9. The molecule has 0 amide bonds. The maximum absolute atomic E-state index is 13.2. The van der Waals surface area contributed by atoms with Crippen molar-refractivity contribution in [2.75, 3.05) is 6.79 Å². The van der Waals surface area contributed by atoms with Gasteiger partial charge in [-0.25, -0.2) is 0 Å². The molecule has 1 aliphatic heterocycles. The van der Waals surface area contributed by atoms with E-state index < -0.39 is 0 Å². The summed E-state index contributed by atoms with van der Waals surface area (Å²) in [5.41, 5.74) is 1.18. The van der Waals surface area contributed by atoms with Crippen LogP contribution in [0.3, 0.4) is 0 Å². The Morgan fingerprint density at radius 1 is 0.939 bits per heavy atom. The van der Waals surface area contributed by atoms with Crippen LogP contribution >= 0.6 is 34.8 Å². The van der Waals surface area contributed by atoms with Gasteiger partial charge in [-0.1, -0.05) is 59.1 Å². The van der Waals surface area contributed by atoms with Gasteiger partial charge in [0.25, 0.3) is 5.56 Å². The summed E-state index contributed by atoms with van der Waals surface area (Å²) in [6.07, 6.45) is 1.46. The van der Waals surface area contributed by atoms with Crippen molar-refractivity contribution >= 4 is 57.5 Å². The molecule has 4 aromatic rings. The number of hydrogen-bond acceptors (Lipinski definition) is 5. The Morgan fingerprint density at radius 3 is 2.48 bits per heavy atom. The van der Waals surface area contributed by atoms with Gasteiger partial charge in [0.05, 0.1) is 32.9 Å². The van der Waals surface area contributed by atoms with Crippen LogP contribution in [-0.4, -0.2) is 22.7 Å². The van der Waals surface area contributed by atoms with Crippen LogP contribution in [0.4, 0.5) is 5.69 Å². The lowest BCUT2D eigenvalue weighted by Gasteiger charge is -2.14. The van der Waals surface area contributed by atoms with Crippen molar-refractivity contribution in [1.82, 2.24) is 4.57 Å². The Hall–Kier alpha value is -3.19. The molecule has 0 spiro atoms. The summed E-state index contributed by atoms with van der Waals surface area (Å²) in [4.78, 5) is 17.6. The number of benzene rings is 3. The molecule has 0 bridgehead atoms. The average Bonchev–Trinajstić information content (AvgIpc) is 3.28. The van der Waals surface area contributed by atoms with Crippen LogP contribution in [0.15, 0.2) is 64.4 Å². The standard InChI is InChI=1S/C24H15Cl3N2O4/c25-17-8-19(27)20(9-18(17)26)28-10-16-14-3-1-2-4-15(14)23(30)29(24(16)31)11-13-5-6-21-22(7-13)33-12-32-21/h1-10,31H,11-12H2. The lowest BCUT2D eigenvalue weighted by atomic mass is 10.1. The zero-order valence-corrected chi connectivity index (χ0v) is 19.2. The molecule has 33 heavy (non-hydrogen) atoms. The highest BCUT2D eigenvalue weighted by Crippen LogP contribution is 2.35. The van der Waals surface area contributed by atoms with Gasteiger partial charge in [0.15, 0.2) is 11.5 Å². The van der Waals surface area contributed by atoms with Crippen molar-refractivity contribution in [3.8, 4) is 17.4 Å². The second-order valence-electron chi connectivity index (χ2n) is 7.34. The largest absolute Gasteiger partial charge is 0.494 e. The number of aromatic hydroxyl groups is 1. The van der Waals surface area contributed by atoms with Gasteiger partial charge in [-0.15, -0.1) is 0 Å². The van der Waals surface area contributed by atoms with E-state index in [1.165, 1.54) is 22.9 Å². The molecular weight excluding hydrogens is 487 g/mol. The second-order valence-corrected chi connectivity index (χ2v) is 8.56. The van der Waals surface area contributed by atoms with E-state index in [4.69, 9.17) is 44.3 Å². The van der Waals surface area contributed by atoms with Crippen LogP contribution in [0.25, 0.3) is 10.8 Å². The summed E-state index contributed by atoms with van der Waals surface area (Å²) < 4.78 is 12.1. The maximum atomic E-state index is 13.2. The molecule has 0 radical (unpaired) electrons. The van der Waals surface area contributed by atoms with Crippen LogP contribution in [-0.2, 0) is 6.54 Å². The fraction of sp³-hybridized carbons (Fsp3) is 0.0833. The third-order valence-corrected chi connectivity index (χ3v) is 6.31. The third-order valence-electron chi connectivity index (χ3n) is 5.29. The first kappa shape index (κ1) is 21.6. The molecule has 2 heterocycles. The lowest BCUT2D eigenvalue weighted by molar-refractivity contribution is 0.174. The number of aliphatic imine (C=N–C) groups is 1. The van der Waals surface area contributed by atoms with Crippen molar-refractivity contribution in [3.05, 3.63) is 91.1 Å². The van der Waals surface area contributed by atoms with E-state index in [1.807, 2.05) is 6.07 Å². The molecule has 6 nitrogen and oxygen atoms in total. The third kappa shape index (κ3) is 4.02. The van der Waals surface area contributed by atoms with E-state index >= 15 is 0 Å². The van der Waals surface area contributed by atoms with Gasteiger partial charge in [0.1, 0.15) is 0 Å². The molecular formula is C24H15Cl3N2O4. The quantitative estimate of drug-likeness (QED) is 0.267. The number of halogens is 3. The zero-order chi connectivity index (χ0) is 23.1. The molecule has 0 saturated carbocycles. The molecule has 0 atom stereocenters. The van der Waals surface area contributed by atoms with Crippen molar-refractivity contribution in [2.24, 2.45) is 4.99 Å². The summed E-state index contributed by atoms with van der Waals surface area (Å²) in [6.45, 7) is 0.276. The highest BCUT2D eigenvalue weighted by atomic mass is 35.5. The van der Waals surface area contributed by atoms with E-state index in [0.29, 0.717) is 48.6 Å². The van der Waals surface area contributed by atoms with Gasteiger partial charge in [-0.2, -0.15) is 0 Å². The van der Waals surface area contributed by atoms with Gasteiger partial charge < -0.3 is 14.6 Å². The van der Waals surface area contributed by atoms with E-state index in [2.05, 4.69) is 4.99 Å². The molecule has 166 valence electrons. The predicted octanol–water partition coefficient (Wildman–Crippen LogP) is 6.19. The predicted molar refractivity (Wildman–Crippen MR) is 130 cm³/mol. The Balaban J connectivity index is 1.63. The Bertz CT molecular complexity index is 1500. The fourth-order valence-corrected chi connectivity index (χ4v) is 4.24. The normalized spacial score (nSPS) is 12.7. The van der Waals surface area contributed by atoms with Crippen molar-refractivity contribution in [1.29, 1.82) is 0 Å².